The molecule has 5 heteroatoms. The van der Waals surface area contributed by atoms with Crippen LogP contribution in [0, 0.1) is 0 Å². The fraction of sp³-hybridized carbons (Fsp3) is 0.500. The lowest BCUT2D eigenvalue weighted by Crippen LogP contribution is -2.52. The number of rotatable bonds is 8. The Morgan fingerprint density at radius 3 is 2.44 bits per heavy atom. The summed E-state index contributed by atoms with van der Waals surface area (Å²) in [6, 6.07) is 7.71. The van der Waals surface area contributed by atoms with Gasteiger partial charge in [-0.25, -0.2) is 4.79 Å². The van der Waals surface area contributed by atoms with Crippen molar-refractivity contribution in [1.82, 2.24) is 4.90 Å². The Morgan fingerprint density at radius 1 is 1.20 bits per heavy atom. The van der Waals surface area contributed by atoms with Gasteiger partial charge in [-0.15, -0.1) is 11.8 Å². The number of hydrogen-bond donors (Lipinski definition) is 0. The van der Waals surface area contributed by atoms with Gasteiger partial charge in [0.25, 0.3) is 0 Å². The van der Waals surface area contributed by atoms with E-state index in [1.54, 1.807) is 11.8 Å². The normalized spacial score (nSPS) is 15.6. The fourth-order valence-corrected chi connectivity index (χ4v) is 3.74. The van der Waals surface area contributed by atoms with Crippen LogP contribution in [0.5, 0.6) is 0 Å². The van der Waals surface area contributed by atoms with E-state index in [4.69, 9.17) is 4.74 Å². The molecule has 0 radical (unpaired) electrons. The molecule has 0 bridgehead atoms. The third-order valence-corrected chi connectivity index (χ3v) is 5.56. The Labute approximate surface area is 154 Å². The number of esters is 1. The number of likely N-dealkylation sites (tertiary alicyclic amines) is 1. The Hall–Kier alpha value is -1.59. The molecule has 0 N–H and O–H groups in total. The number of carbonyl (C=O) groups excluding carboxylic acids is 2. The maximum absolute atomic E-state index is 12.9. The van der Waals surface area contributed by atoms with Crippen molar-refractivity contribution in [3.05, 3.63) is 42.5 Å². The second kappa shape index (κ2) is 9.20. The number of ketones is 1. The van der Waals surface area contributed by atoms with E-state index in [-0.39, 0.29) is 5.78 Å². The van der Waals surface area contributed by atoms with Crippen LogP contribution in [0.15, 0.2) is 41.8 Å². The number of piperidine rings is 1. The van der Waals surface area contributed by atoms with Crippen molar-refractivity contribution in [3.8, 4) is 0 Å². The molecule has 0 spiro atoms. The van der Waals surface area contributed by atoms with E-state index in [9.17, 15) is 9.59 Å². The first kappa shape index (κ1) is 19.7. The molecule has 0 unspecified atom stereocenters. The third kappa shape index (κ3) is 5.44. The smallest absolute Gasteiger partial charge is 0.330 e. The summed E-state index contributed by atoms with van der Waals surface area (Å²) in [5.74, 6) is 0.443. The van der Waals surface area contributed by atoms with Gasteiger partial charge >= 0.3 is 5.97 Å². The van der Waals surface area contributed by atoms with Crippen LogP contribution < -0.4 is 0 Å². The number of hydrogen-bond acceptors (Lipinski definition) is 5. The van der Waals surface area contributed by atoms with E-state index in [2.05, 4.69) is 11.5 Å². The van der Waals surface area contributed by atoms with Gasteiger partial charge in [-0.05, 0) is 51.9 Å². The minimum atomic E-state index is -0.464. The monoisotopic (exact) mass is 361 g/mol. The molecule has 0 atom stereocenters. The molecule has 1 fully saturated rings. The van der Waals surface area contributed by atoms with E-state index >= 15 is 0 Å². The van der Waals surface area contributed by atoms with Crippen molar-refractivity contribution >= 4 is 23.5 Å². The molecule has 1 aliphatic rings. The van der Waals surface area contributed by atoms with Crippen LogP contribution in [0.1, 0.15) is 43.5 Å². The maximum atomic E-state index is 12.9. The minimum absolute atomic E-state index is 0.172. The highest BCUT2D eigenvalue weighted by Gasteiger charge is 2.35. The molecule has 0 aliphatic carbocycles. The van der Waals surface area contributed by atoms with Gasteiger partial charge in [0.2, 0.25) is 0 Å². The Morgan fingerprint density at radius 2 is 1.84 bits per heavy atom. The van der Waals surface area contributed by atoms with Crippen molar-refractivity contribution in [3.63, 3.8) is 0 Å². The second-order valence-electron chi connectivity index (χ2n) is 6.68. The summed E-state index contributed by atoms with van der Waals surface area (Å²) in [4.78, 5) is 27.3. The number of thioether (sulfide) groups is 1. The van der Waals surface area contributed by atoms with Gasteiger partial charge in [-0.3, -0.25) is 9.69 Å². The average Bonchev–Trinajstić information content (AvgIpc) is 2.65. The van der Waals surface area contributed by atoms with E-state index in [1.807, 2.05) is 38.1 Å². The molecule has 1 heterocycles. The topological polar surface area (TPSA) is 46.6 Å². The Kier molecular flexibility index (Phi) is 7.26. The van der Waals surface area contributed by atoms with Crippen LogP contribution in [-0.4, -0.2) is 47.6 Å². The van der Waals surface area contributed by atoms with Gasteiger partial charge in [0, 0.05) is 22.3 Å². The predicted octanol–water partition coefficient (Wildman–Crippen LogP) is 3.96. The minimum Gasteiger partial charge on any atom is -0.462 e. The molecule has 1 aromatic rings. The van der Waals surface area contributed by atoms with E-state index < -0.39 is 11.5 Å². The molecule has 0 saturated carbocycles. The van der Waals surface area contributed by atoms with E-state index in [1.165, 1.54) is 19.3 Å². The zero-order valence-electron chi connectivity index (χ0n) is 15.1. The van der Waals surface area contributed by atoms with Gasteiger partial charge in [0.05, 0.1) is 5.54 Å². The lowest BCUT2D eigenvalue weighted by atomic mass is 9.89. The molecule has 1 saturated heterocycles. The molecule has 4 nitrogen and oxygen atoms in total. The van der Waals surface area contributed by atoms with Gasteiger partial charge in [0.15, 0.2) is 5.78 Å². The number of nitrogens with zero attached hydrogens (tertiary/aromatic N) is 1. The quantitative estimate of drug-likeness (QED) is 0.231. The highest BCUT2D eigenvalue weighted by molar-refractivity contribution is 7.99. The van der Waals surface area contributed by atoms with Crippen LogP contribution >= 0.6 is 11.8 Å². The van der Waals surface area contributed by atoms with Crippen LogP contribution in [0.3, 0.4) is 0 Å². The highest BCUT2D eigenvalue weighted by Crippen LogP contribution is 2.26. The summed E-state index contributed by atoms with van der Waals surface area (Å²) in [6.45, 7) is 9.75. The van der Waals surface area contributed by atoms with Crippen molar-refractivity contribution in [2.24, 2.45) is 0 Å². The summed E-state index contributed by atoms with van der Waals surface area (Å²) >= 11 is 1.60. The van der Waals surface area contributed by atoms with Crippen LogP contribution in [-0.2, 0) is 9.53 Å². The summed E-state index contributed by atoms with van der Waals surface area (Å²) in [7, 11) is 0. The lowest BCUT2D eigenvalue weighted by molar-refractivity contribution is -0.137. The first-order valence-electron chi connectivity index (χ1n) is 8.77. The number of ether oxygens (including phenoxy) is 1. The summed E-state index contributed by atoms with van der Waals surface area (Å²) in [5, 5.41) is 0. The largest absolute Gasteiger partial charge is 0.462 e. The molecular formula is C20H27NO3S. The predicted molar refractivity (Wildman–Crippen MR) is 102 cm³/mol. The van der Waals surface area contributed by atoms with Crippen molar-refractivity contribution < 1.29 is 14.3 Å². The average molecular weight is 362 g/mol. The standard InChI is InChI=1S/C20H27NO3S/c1-4-18(22)24-14-15-25-17-10-8-16(9-11-17)19(23)20(2,3)21-12-6-5-7-13-21/h4,8-11H,1,5-7,12-15H2,2-3H3. The SMILES string of the molecule is C=CC(=O)OCCSc1ccc(C(=O)C(C)(C)N2CCCCC2)cc1. The Balaban J connectivity index is 1.90. The molecule has 136 valence electrons. The van der Waals surface area contributed by atoms with Crippen LogP contribution in [0.2, 0.25) is 0 Å². The third-order valence-electron chi connectivity index (χ3n) is 4.58. The lowest BCUT2D eigenvalue weighted by Gasteiger charge is -2.39. The summed E-state index contributed by atoms with van der Waals surface area (Å²) in [6.07, 6.45) is 4.76. The first-order chi connectivity index (χ1) is 11.9. The van der Waals surface area contributed by atoms with E-state index in [0.717, 1.165) is 29.6 Å². The first-order valence-corrected chi connectivity index (χ1v) is 9.75. The van der Waals surface area contributed by atoms with Crippen molar-refractivity contribution in [2.75, 3.05) is 25.4 Å². The Bertz CT molecular complexity index is 604. The molecule has 0 aromatic heterocycles. The van der Waals surface area contributed by atoms with Gasteiger partial charge in [-0.1, -0.05) is 25.1 Å². The van der Waals surface area contributed by atoms with Crippen LogP contribution in [0.4, 0.5) is 0 Å². The molecule has 2 rings (SSSR count). The van der Waals surface area contributed by atoms with Gasteiger partial charge in [0.1, 0.15) is 6.61 Å². The second-order valence-corrected chi connectivity index (χ2v) is 7.85. The van der Waals surface area contributed by atoms with E-state index in [0.29, 0.717) is 12.4 Å². The number of Topliss-reactive ketones (excluding diaryl/α,β-unsaturated/α-hetero) is 1. The maximum Gasteiger partial charge on any atom is 0.330 e. The van der Waals surface area contributed by atoms with Crippen LogP contribution in [0.25, 0.3) is 0 Å². The van der Waals surface area contributed by atoms with Gasteiger partial charge < -0.3 is 4.74 Å². The molecule has 25 heavy (non-hydrogen) atoms. The number of benzene rings is 1. The summed E-state index contributed by atoms with van der Waals surface area (Å²) < 4.78 is 4.95. The fourth-order valence-electron chi connectivity index (χ4n) is 3.01. The van der Waals surface area contributed by atoms with Crippen molar-refractivity contribution in [1.29, 1.82) is 0 Å². The van der Waals surface area contributed by atoms with Crippen molar-refractivity contribution in [2.45, 2.75) is 43.5 Å². The zero-order chi connectivity index (χ0) is 18.3. The molecule has 0 amide bonds. The molecule has 1 aliphatic heterocycles. The zero-order valence-corrected chi connectivity index (χ0v) is 15.9. The van der Waals surface area contributed by atoms with Gasteiger partial charge in [-0.2, -0.15) is 0 Å². The molecular weight excluding hydrogens is 334 g/mol. The number of carbonyl (C=O) groups is 2. The summed E-state index contributed by atoms with van der Waals surface area (Å²) in [5.41, 5.74) is 0.284. The highest BCUT2D eigenvalue weighted by atomic mass is 32.2. The molecule has 1 aromatic carbocycles.